The van der Waals surface area contributed by atoms with Crippen molar-refractivity contribution in [1.82, 2.24) is 9.62 Å². The van der Waals surface area contributed by atoms with Gasteiger partial charge in [-0.05, 0) is 49.9 Å². The van der Waals surface area contributed by atoms with Crippen LogP contribution < -0.4 is 5.32 Å². The Hall–Kier alpha value is -2.22. The van der Waals surface area contributed by atoms with Gasteiger partial charge in [0.15, 0.2) is 0 Å². The maximum atomic E-state index is 12.8. The molecule has 2 aliphatic heterocycles. The molecule has 4 rings (SSSR count). The fourth-order valence-electron chi connectivity index (χ4n) is 4.17. The molecular weight excluding hydrogens is 388 g/mol. The number of ether oxygens (including phenoxy) is 1. The summed E-state index contributed by atoms with van der Waals surface area (Å²) in [7, 11) is -3.49. The number of hydrogen-bond acceptors (Lipinski definition) is 4. The predicted octanol–water partition coefficient (Wildman–Crippen LogP) is 2.59. The van der Waals surface area contributed by atoms with E-state index in [-0.39, 0.29) is 11.8 Å². The van der Waals surface area contributed by atoms with E-state index in [4.69, 9.17) is 4.74 Å². The maximum absolute atomic E-state index is 12.8. The standard InChI is InChI=1S/C22H26N2O4S/c1-17-7-9-20(10-8-17)29(26,27)24-15-22(16-24)19(12-14-28-22)11-13-23-21(25)18-5-3-2-4-6-18/h2-10,19H,11-16H2,1H3,(H,23,25)/t19-/m0/s1. The summed E-state index contributed by atoms with van der Waals surface area (Å²) in [6, 6.07) is 16.1. The average molecular weight is 415 g/mol. The molecule has 0 bridgehead atoms. The first-order chi connectivity index (χ1) is 13.9. The van der Waals surface area contributed by atoms with E-state index in [1.54, 1.807) is 24.3 Å². The molecule has 0 saturated carbocycles. The molecule has 1 amide bonds. The molecule has 29 heavy (non-hydrogen) atoms. The Morgan fingerprint density at radius 3 is 2.52 bits per heavy atom. The minimum atomic E-state index is -3.49. The monoisotopic (exact) mass is 414 g/mol. The van der Waals surface area contributed by atoms with Crippen LogP contribution in [0.5, 0.6) is 0 Å². The fraction of sp³-hybridized carbons (Fsp3) is 0.409. The van der Waals surface area contributed by atoms with Gasteiger partial charge in [0.2, 0.25) is 10.0 Å². The topological polar surface area (TPSA) is 75.7 Å². The quantitative estimate of drug-likeness (QED) is 0.788. The Labute approximate surface area is 171 Å². The number of amides is 1. The smallest absolute Gasteiger partial charge is 0.251 e. The highest BCUT2D eigenvalue weighted by molar-refractivity contribution is 7.89. The van der Waals surface area contributed by atoms with Crippen LogP contribution in [0.15, 0.2) is 59.5 Å². The Kier molecular flexibility index (Phi) is 5.46. The lowest BCUT2D eigenvalue weighted by Crippen LogP contribution is -2.66. The molecular formula is C22H26N2O4S. The summed E-state index contributed by atoms with van der Waals surface area (Å²) < 4.78 is 33.2. The van der Waals surface area contributed by atoms with Crippen LogP contribution in [0.4, 0.5) is 0 Å². The molecule has 2 fully saturated rings. The molecule has 6 nitrogen and oxygen atoms in total. The average Bonchev–Trinajstić information content (AvgIpc) is 3.12. The first kappa shape index (κ1) is 20.1. The molecule has 7 heteroatoms. The van der Waals surface area contributed by atoms with E-state index >= 15 is 0 Å². The van der Waals surface area contributed by atoms with E-state index in [1.165, 1.54) is 4.31 Å². The van der Waals surface area contributed by atoms with Crippen LogP contribution in [0.3, 0.4) is 0 Å². The molecule has 2 heterocycles. The first-order valence-electron chi connectivity index (χ1n) is 9.95. The van der Waals surface area contributed by atoms with Crippen LogP contribution in [0, 0.1) is 12.8 Å². The van der Waals surface area contributed by atoms with E-state index in [0.717, 1.165) is 18.4 Å². The van der Waals surface area contributed by atoms with Gasteiger partial charge in [-0.1, -0.05) is 35.9 Å². The molecule has 2 saturated heterocycles. The van der Waals surface area contributed by atoms with Crippen molar-refractivity contribution >= 4 is 15.9 Å². The van der Waals surface area contributed by atoms with Crippen LogP contribution in [0.25, 0.3) is 0 Å². The summed E-state index contributed by atoms with van der Waals surface area (Å²) >= 11 is 0. The third-order valence-electron chi connectivity index (χ3n) is 5.96. The third kappa shape index (κ3) is 3.95. The lowest BCUT2D eigenvalue weighted by Gasteiger charge is -2.49. The number of carbonyl (C=O) groups excluding carboxylic acids is 1. The number of carbonyl (C=O) groups is 1. The van der Waals surface area contributed by atoms with Crippen molar-refractivity contribution in [2.45, 2.75) is 30.3 Å². The van der Waals surface area contributed by atoms with Gasteiger partial charge in [-0.25, -0.2) is 8.42 Å². The van der Waals surface area contributed by atoms with Crippen molar-refractivity contribution in [1.29, 1.82) is 0 Å². The zero-order chi connectivity index (χ0) is 20.5. The molecule has 1 N–H and O–H groups in total. The normalized spacial score (nSPS) is 21.1. The van der Waals surface area contributed by atoms with Gasteiger partial charge in [0, 0.05) is 31.8 Å². The van der Waals surface area contributed by atoms with E-state index in [2.05, 4.69) is 5.32 Å². The van der Waals surface area contributed by atoms with Gasteiger partial charge in [0.1, 0.15) is 0 Å². The van der Waals surface area contributed by atoms with Crippen LogP contribution in [0.1, 0.15) is 28.8 Å². The Balaban J connectivity index is 1.33. The Morgan fingerprint density at radius 2 is 1.83 bits per heavy atom. The van der Waals surface area contributed by atoms with Crippen molar-refractivity contribution in [3.8, 4) is 0 Å². The number of sulfonamides is 1. The van der Waals surface area contributed by atoms with Gasteiger partial charge < -0.3 is 10.1 Å². The summed E-state index contributed by atoms with van der Waals surface area (Å²) in [5.41, 5.74) is 1.25. The molecule has 0 unspecified atom stereocenters. The number of benzene rings is 2. The second-order valence-corrected chi connectivity index (χ2v) is 9.83. The lowest BCUT2D eigenvalue weighted by molar-refractivity contribution is -0.102. The van der Waals surface area contributed by atoms with Gasteiger partial charge in [0.25, 0.3) is 5.91 Å². The Morgan fingerprint density at radius 1 is 1.14 bits per heavy atom. The number of nitrogens with one attached hydrogen (secondary N) is 1. The zero-order valence-corrected chi connectivity index (χ0v) is 17.3. The van der Waals surface area contributed by atoms with E-state index in [0.29, 0.717) is 36.7 Å². The minimum absolute atomic E-state index is 0.0873. The van der Waals surface area contributed by atoms with E-state index in [1.807, 2.05) is 37.3 Å². The Bertz CT molecular complexity index is 968. The first-order valence-corrected chi connectivity index (χ1v) is 11.4. The van der Waals surface area contributed by atoms with Crippen LogP contribution in [-0.2, 0) is 14.8 Å². The summed E-state index contributed by atoms with van der Waals surface area (Å²) in [5.74, 6) is 0.152. The van der Waals surface area contributed by atoms with Gasteiger partial charge in [0.05, 0.1) is 10.5 Å². The van der Waals surface area contributed by atoms with E-state index < -0.39 is 15.6 Å². The highest BCUT2D eigenvalue weighted by Crippen LogP contribution is 2.43. The molecule has 154 valence electrons. The van der Waals surface area contributed by atoms with Crippen molar-refractivity contribution in [3.63, 3.8) is 0 Å². The molecule has 2 aliphatic rings. The fourth-order valence-corrected chi connectivity index (χ4v) is 5.73. The molecule has 1 atom stereocenters. The van der Waals surface area contributed by atoms with Crippen LogP contribution in [0.2, 0.25) is 0 Å². The summed E-state index contributed by atoms with van der Waals surface area (Å²) in [6.45, 7) is 3.87. The second-order valence-electron chi connectivity index (χ2n) is 7.90. The molecule has 2 aromatic carbocycles. The van der Waals surface area contributed by atoms with Crippen LogP contribution >= 0.6 is 0 Å². The molecule has 2 aromatic rings. The molecule has 1 spiro atoms. The van der Waals surface area contributed by atoms with Crippen molar-refractivity contribution in [3.05, 3.63) is 65.7 Å². The number of hydrogen-bond donors (Lipinski definition) is 1. The number of rotatable bonds is 6. The largest absolute Gasteiger partial charge is 0.372 e. The SMILES string of the molecule is Cc1ccc(S(=O)(=O)N2CC3(C2)OCC[C@@H]3CCNC(=O)c2ccccc2)cc1. The maximum Gasteiger partial charge on any atom is 0.251 e. The highest BCUT2D eigenvalue weighted by Gasteiger charge is 2.56. The second kappa shape index (κ2) is 7.89. The third-order valence-corrected chi connectivity index (χ3v) is 7.77. The molecule has 0 radical (unpaired) electrons. The van der Waals surface area contributed by atoms with Crippen molar-refractivity contribution in [2.24, 2.45) is 5.92 Å². The van der Waals surface area contributed by atoms with Crippen molar-refractivity contribution in [2.75, 3.05) is 26.2 Å². The highest BCUT2D eigenvalue weighted by atomic mass is 32.2. The zero-order valence-electron chi connectivity index (χ0n) is 16.5. The van der Waals surface area contributed by atoms with E-state index in [9.17, 15) is 13.2 Å². The van der Waals surface area contributed by atoms with Crippen molar-refractivity contribution < 1.29 is 17.9 Å². The van der Waals surface area contributed by atoms with Crippen LogP contribution in [-0.4, -0.2) is 50.5 Å². The lowest BCUT2D eigenvalue weighted by atomic mass is 9.80. The van der Waals surface area contributed by atoms with Gasteiger partial charge in [-0.2, -0.15) is 4.31 Å². The summed E-state index contributed by atoms with van der Waals surface area (Å²) in [4.78, 5) is 12.5. The number of aryl methyl sites for hydroxylation is 1. The molecule has 0 aliphatic carbocycles. The van der Waals surface area contributed by atoms with Gasteiger partial charge in [-0.15, -0.1) is 0 Å². The van der Waals surface area contributed by atoms with Gasteiger partial charge >= 0.3 is 0 Å². The number of nitrogens with zero attached hydrogens (tertiary/aromatic N) is 1. The predicted molar refractivity (Wildman–Crippen MR) is 110 cm³/mol. The van der Waals surface area contributed by atoms with Gasteiger partial charge in [-0.3, -0.25) is 4.79 Å². The molecule has 0 aromatic heterocycles. The summed E-state index contributed by atoms with van der Waals surface area (Å²) in [6.07, 6.45) is 1.66. The summed E-state index contributed by atoms with van der Waals surface area (Å²) in [5, 5.41) is 2.96. The minimum Gasteiger partial charge on any atom is -0.372 e.